The number of fused-ring (bicyclic) bond motifs is 1. The Bertz CT molecular complexity index is 1030. The molecule has 0 atom stereocenters. The highest BCUT2D eigenvalue weighted by Gasteiger charge is 2.22. The maximum atomic E-state index is 13.7. The number of rotatable bonds is 7. The number of benzene rings is 2. The number of para-hydroxylation sites is 1. The summed E-state index contributed by atoms with van der Waals surface area (Å²) in [5.74, 6) is 2.19. The van der Waals surface area contributed by atoms with Gasteiger partial charge in [0.25, 0.3) is 0 Å². The summed E-state index contributed by atoms with van der Waals surface area (Å²) in [7, 11) is 4.03. The van der Waals surface area contributed by atoms with Gasteiger partial charge in [0.1, 0.15) is 11.6 Å². The van der Waals surface area contributed by atoms with E-state index in [0.29, 0.717) is 17.9 Å². The second-order valence-electron chi connectivity index (χ2n) is 8.80. The number of hydrogen-bond acceptors (Lipinski definition) is 5. The number of nitrogens with zero attached hydrogens (tertiary/aromatic N) is 3. The van der Waals surface area contributed by atoms with Crippen LogP contribution < -0.4 is 15.5 Å². The summed E-state index contributed by atoms with van der Waals surface area (Å²) in [5, 5.41) is 8.17. The summed E-state index contributed by atoms with van der Waals surface area (Å²) in [5.41, 5.74) is 2.75. The molecule has 1 aliphatic carbocycles. The van der Waals surface area contributed by atoms with Crippen LogP contribution in [-0.2, 0) is 6.54 Å². The first-order chi connectivity index (χ1) is 15.0. The van der Waals surface area contributed by atoms with Crippen LogP contribution in [0.2, 0.25) is 0 Å². The Hall–Kier alpha value is -2.73. The van der Waals surface area contributed by atoms with Crippen molar-refractivity contribution in [3.05, 3.63) is 59.4 Å². The highest BCUT2D eigenvalue weighted by atomic mass is 19.1. The zero-order chi connectivity index (χ0) is 21.8. The van der Waals surface area contributed by atoms with Gasteiger partial charge in [-0.3, -0.25) is 0 Å². The summed E-state index contributed by atoms with van der Waals surface area (Å²) in [6.45, 7) is 3.54. The van der Waals surface area contributed by atoms with E-state index in [9.17, 15) is 4.39 Å². The van der Waals surface area contributed by atoms with Crippen LogP contribution in [0.5, 0.6) is 0 Å². The molecule has 1 fully saturated rings. The summed E-state index contributed by atoms with van der Waals surface area (Å²) in [4.78, 5) is 11.6. The summed E-state index contributed by atoms with van der Waals surface area (Å²) in [6.07, 6.45) is 4.56. The van der Waals surface area contributed by atoms with Crippen LogP contribution in [0.3, 0.4) is 0 Å². The maximum Gasteiger partial charge on any atom is 0.225 e. The molecule has 1 aliphatic rings. The predicted octanol–water partition coefficient (Wildman–Crippen LogP) is 4.90. The van der Waals surface area contributed by atoms with Gasteiger partial charge in [-0.15, -0.1) is 0 Å². The van der Waals surface area contributed by atoms with Crippen molar-refractivity contribution in [3.8, 4) is 0 Å². The molecule has 1 heterocycles. The fraction of sp³-hybridized carbons (Fsp3) is 0.440. The van der Waals surface area contributed by atoms with Gasteiger partial charge >= 0.3 is 0 Å². The third-order valence-corrected chi connectivity index (χ3v) is 6.32. The predicted molar refractivity (Wildman–Crippen MR) is 126 cm³/mol. The van der Waals surface area contributed by atoms with E-state index in [-0.39, 0.29) is 5.82 Å². The molecule has 0 bridgehead atoms. The van der Waals surface area contributed by atoms with E-state index in [2.05, 4.69) is 16.7 Å². The minimum absolute atomic E-state index is 0.126. The standard InChI is InChI=1S/C25H32FN5/c1-17-19(7-6-9-22(17)26)16-27-15-18-11-13-20(14-12-18)28-25-29-23-10-5-4-8-21(23)24(30-25)31(2)3/h4-10,18,20,27H,11-16H2,1-3H3,(H,28,29,30)/t18-,20+. The quantitative estimate of drug-likeness (QED) is 0.568. The van der Waals surface area contributed by atoms with Gasteiger partial charge in [-0.05, 0) is 74.4 Å². The molecule has 164 valence electrons. The Morgan fingerprint density at radius 1 is 1.00 bits per heavy atom. The molecule has 1 saturated carbocycles. The van der Waals surface area contributed by atoms with E-state index in [0.717, 1.165) is 53.8 Å². The Morgan fingerprint density at radius 2 is 1.77 bits per heavy atom. The summed E-state index contributed by atoms with van der Waals surface area (Å²) < 4.78 is 13.7. The zero-order valence-corrected chi connectivity index (χ0v) is 18.7. The van der Waals surface area contributed by atoms with Crippen molar-refractivity contribution in [2.75, 3.05) is 30.9 Å². The van der Waals surface area contributed by atoms with Crippen molar-refractivity contribution >= 4 is 22.7 Å². The molecule has 0 amide bonds. The first kappa shape index (κ1) is 21.5. The Kier molecular flexibility index (Phi) is 6.66. The van der Waals surface area contributed by atoms with Crippen molar-refractivity contribution in [2.24, 2.45) is 5.92 Å². The molecular formula is C25H32FN5. The summed E-state index contributed by atoms with van der Waals surface area (Å²) >= 11 is 0. The average molecular weight is 422 g/mol. The fourth-order valence-electron chi connectivity index (χ4n) is 4.41. The van der Waals surface area contributed by atoms with Crippen LogP contribution in [0.4, 0.5) is 16.2 Å². The number of hydrogen-bond donors (Lipinski definition) is 2. The molecule has 0 unspecified atom stereocenters. The third kappa shape index (κ3) is 5.13. The number of aromatic nitrogens is 2. The van der Waals surface area contributed by atoms with E-state index in [1.165, 1.54) is 18.9 Å². The molecular weight excluding hydrogens is 389 g/mol. The number of nitrogens with one attached hydrogen (secondary N) is 2. The lowest BCUT2D eigenvalue weighted by Crippen LogP contribution is -2.31. The first-order valence-corrected chi connectivity index (χ1v) is 11.2. The van der Waals surface area contributed by atoms with Crippen molar-refractivity contribution in [2.45, 2.75) is 45.2 Å². The zero-order valence-electron chi connectivity index (χ0n) is 18.7. The highest BCUT2D eigenvalue weighted by molar-refractivity contribution is 5.90. The molecule has 0 saturated heterocycles. The van der Waals surface area contributed by atoms with Crippen LogP contribution in [0.15, 0.2) is 42.5 Å². The molecule has 2 aromatic carbocycles. The van der Waals surface area contributed by atoms with Crippen molar-refractivity contribution in [1.82, 2.24) is 15.3 Å². The molecule has 5 nitrogen and oxygen atoms in total. The second-order valence-corrected chi connectivity index (χ2v) is 8.80. The number of anilines is 2. The molecule has 3 aromatic rings. The fourth-order valence-corrected chi connectivity index (χ4v) is 4.41. The maximum absolute atomic E-state index is 13.7. The normalized spacial score (nSPS) is 18.8. The average Bonchev–Trinajstić information content (AvgIpc) is 2.77. The van der Waals surface area contributed by atoms with Crippen LogP contribution in [-0.4, -0.2) is 36.6 Å². The Morgan fingerprint density at radius 3 is 2.55 bits per heavy atom. The molecule has 0 spiro atoms. The minimum Gasteiger partial charge on any atom is -0.362 e. The van der Waals surface area contributed by atoms with Gasteiger partial charge < -0.3 is 15.5 Å². The van der Waals surface area contributed by atoms with E-state index >= 15 is 0 Å². The first-order valence-electron chi connectivity index (χ1n) is 11.2. The smallest absolute Gasteiger partial charge is 0.225 e. The topological polar surface area (TPSA) is 53.1 Å². The molecule has 31 heavy (non-hydrogen) atoms. The van der Waals surface area contributed by atoms with Crippen LogP contribution >= 0.6 is 0 Å². The molecule has 2 N–H and O–H groups in total. The SMILES string of the molecule is Cc1c(F)cccc1CNC[C@H]1CC[C@@H](Nc2nc(N(C)C)c3ccccc3n2)CC1. The molecule has 4 rings (SSSR count). The molecule has 6 heteroatoms. The lowest BCUT2D eigenvalue weighted by molar-refractivity contribution is 0.323. The Labute approximate surface area is 184 Å². The molecule has 1 aromatic heterocycles. The van der Waals surface area contributed by atoms with E-state index in [4.69, 9.17) is 9.97 Å². The van der Waals surface area contributed by atoms with E-state index < -0.39 is 0 Å². The van der Waals surface area contributed by atoms with Gasteiger partial charge in [-0.2, -0.15) is 4.98 Å². The molecule has 0 aliphatic heterocycles. The van der Waals surface area contributed by atoms with Crippen molar-refractivity contribution in [1.29, 1.82) is 0 Å². The van der Waals surface area contributed by atoms with E-state index in [1.807, 2.05) is 50.2 Å². The van der Waals surface area contributed by atoms with Crippen LogP contribution in [0, 0.1) is 18.7 Å². The van der Waals surface area contributed by atoms with Crippen LogP contribution in [0.25, 0.3) is 10.9 Å². The van der Waals surface area contributed by atoms with Gasteiger partial charge in [-0.1, -0.05) is 24.3 Å². The van der Waals surface area contributed by atoms with E-state index in [1.54, 1.807) is 6.07 Å². The van der Waals surface area contributed by atoms with Crippen molar-refractivity contribution in [3.63, 3.8) is 0 Å². The lowest BCUT2D eigenvalue weighted by Gasteiger charge is -2.29. The summed E-state index contributed by atoms with van der Waals surface area (Å²) in [6, 6.07) is 13.9. The largest absolute Gasteiger partial charge is 0.362 e. The van der Waals surface area contributed by atoms with Gasteiger partial charge in [0, 0.05) is 32.1 Å². The lowest BCUT2D eigenvalue weighted by atomic mass is 9.86. The van der Waals surface area contributed by atoms with Crippen LogP contribution in [0.1, 0.15) is 36.8 Å². The monoisotopic (exact) mass is 421 g/mol. The second kappa shape index (κ2) is 9.60. The van der Waals surface area contributed by atoms with Gasteiger partial charge in [0.2, 0.25) is 5.95 Å². The minimum atomic E-state index is -0.126. The highest BCUT2D eigenvalue weighted by Crippen LogP contribution is 2.28. The number of halogens is 1. The Balaban J connectivity index is 1.30. The van der Waals surface area contributed by atoms with Crippen molar-refractivity contribution < 1.29 is 4.39 Å². The van der Waals surface area contributed by atoms with Gasteiger partial charge in [0.15, 0.2) is 0 Å². The van der Waals surface area contributed by atoms with Gasteiger partial charge in [0.05, 0.1) is 5.52 Å². The third-order valence-electron chi connectivity index (χ3n) is 6.32. The van der Waals surface area contributed by atoms with Gasteiger partial charge in [-0.25, -0.2) is 9.37 Å². The molecule has 0 radical (unpaired) electrons.